The maximum Gasteiger partial charge on any atom is 0.410 e. The van der Waals surface area contributed by atoms with Gasteiger partial charge in [-0.3, -0.25) is 0 Å². The Bertz CT molecular complexity index is 482. The summed E-state index contributed by atoms with van der Waals surface area (Å²) in [6.07, 6.45) is 1.70. The van der Waals surface area contributed by atoms with Crippen LogP contribution in [0.2, 0.25) is 0 Å². The molecule has 2 atom stereocenters. The summed E-state index contributed by atoms with van der Waals surface area (Å²) in [5, 5.41) is 3.55. The highest BCUT2D eigenvalue weighted by Gasteiger charge is 2.31. The molecule has 0 unspecified atom stereocenters. The monoisotopic (exact) mass is 304 g/mol. The minimum absolute atomic E-state index is 0.200. The number of hydrogen-bond acceptors (Lipinski definition) is 3. The van der Waals surface area contributed by atoms with Crippen LogP contribution in [-0.4, -0.2) is 35.7 Å². The maximum absolute atomic E-state index is 12.4. The molecule has 1 amide bonds. The Hall–Kier alpha value is -1.55. The smallest absolute Gasteiger partial charge is 0.410 e. The Kier molecular flexibility index (Phi) is 5.46. The molecule has 4 heteroatoms. The molecular weight excluding hydrogens is 276 g/mol. The van der Waals surface area contributed by atoms with Gasteiger partial charge < -0.3 is 15.0 Å². The zero-order chi connectivity index (χ0) is 16.2. The van der Waals surface area contributed by atoms with Gasteiger partial charge in [-0.05, 0) is 52.6 Å². The highest BCUT2D eigenvalue weighted by atomic mass is 16.6. The van der Waals surface area contributed by atoms with Crippen LogP contribution in [0.5, 0.6) is 0 Å². The van der Waals surface area contributed by atoms with Crippen LogP contribution in [0.25, 0.3) is 0 Å². The summed E-state index contributed by atoms with van der Waals surface area (Å²) in [6, 6.07) is 11.0. The first kappa shape index (κ1) is 16.8. The predicted molar refractivity (Wildman–Crippen MR) is 88.8 cm³/mol. The third-order valence-corrected chi connectivity index (χ3v) is 3.99. The lowest BCUT2D eigenvalue weighted by Gasteiger charge is -2.38. The lowest BCUT2D eigenvalue weighted by Crippen LogP contribution is -2.48. The fourth-order valence-electron chi connectivity index (χ4n) is 2.98. The molecule has 0 aromatic heterocycles. The van der Waals surface area contributed by atoms with E-state index in [-0.39, 0.29) is 12.1 Å². The van der Waals surface area contributed by atoms with E-state index in [2.05, 4.69) is 29.6 Å². The fraction of sp³-hybridized carbons (Fsp3) is 0.611. The van der Waals surface area contributed by atoms with Gasteiger partial charge in [0, 0.05) is 18.6 Å². The summed E-state index contributed by atoms with van der Waals surface area (Å²) in [5.74, 6) is 0. The van der Waals surface area contributed by atoms with Crippen molar-refractivity contribution in [2.24, 2.45) is 0 Å². The Morgan fingerprint density at radius 1 is 1.32 bits per heavy atom. The molecule has 1 saturated heterocycles. The third kappa shape index (κ3) is 4.47. The van der Waals surface area contributed by atoms with E-state index < -0.39 is 5.60 Å². The molecule has 1 N–H and O–H groups in total. The normalized spacial score (nSPS) is 22.2. The first-order chi connectivity index (χ1) is 10.4. The number of hydrogen-bond donors (Lipinski definition) is 1. The van der Waals surface area contributed by atoms with E-state index in [1.165, 1.54) is 5.56 Å². The standard InChI is InChI=1S/C18H28N2O2/c1-5-20(17(21)22-18(2,3)4)15-11-12-19-16(13-15)14-9-7-6-8-10-14/h6-10,15-16,19H,5,11-13H2,1-4H3/t15-,16+/m1/s1. The number of carbonyl (C=O) groups excluding carboxylic acids is 1. The summed E-state index contributed by atoms with van der Waals surface area (Å²) in [5.41, 5.74) is 0.837. The SMILES string of the molecule is CCN(C(=O)OC(C)(C)C)[C@@H]1CCN[C@H](c2ccccc2)C1. The summed E-state index contributed by atoms with van der Waals surface area (Å²) in [7, 11) is 0. The summed E-state index contributed by atoms with van der Waals surface area (Å²) >= 11 is 0. The van der Waals surface area contributed by atoms with Crippen LogP contribution in [0.1, 0.15) is 52.1 Å². The van der Waals surface area contributed by atoms with E-state index in [0.29, 0.717) is 12.6 Å². The second kappa shape index (κ2) is 7.14. The molecule has 122 valence electrons. The van der Waals surface area contributed by atoms with Crippen molar-refractivity contribution >= 4 is 6.09 Å². The van der Waals surface area contributed by atoms with Crippen molar-refractivity contribution in [1.29, 1.82) is 0 Å². The van der Waals surface area contributed by atoms with E-state index >= 15 is 0 Å². The summed E-state index contributed by atoms with van der Waals surface area (Å²) in [6.45, 7) is 9.35. The Balaban J connectivity index is 2.05. The van der Waals surface area contributed by atoms with Crippen LogP contribution in [0.3, 0.4) is 0 Å². The fourth-order valence-corrected chi connectivity index (χ4v) is 2.98. The molecule has 22 heavy (non-hydrogen) atoms. The number of benzene rings is 1. The van der Waals surface area contributed by atoms with Gasteiger partial charge in [0.05, 0.1) is 0 Å². The van der Waals surface area contributed by atoms with Gasteiger partial charge in [-0.25, -0.2) is 4.79 Å². The molecule has 0 radical (unpaired) electrons. The van der Waals surface area contributed by atoms with Crippen molar-refractivity contribution in [3.63, 3.8) is 0 Å². The van der Waals surface area contributed by atoms with E-state index in [4.69, 9.17) is 4.74 Å². The van der Waals surface area contributed by atoms with Crippen LogP contribution in [-0.2, 0) is 4.74 Å². The van der Waals surface area contributed by atoms with Crippen LogP contribution >= 0.6 is 0 Å². The second-order valence-electron chi connectivity index (χ2n) is 6.86. The van der Waals surface area contributed by atoms with E-state index in [9.17, 15) is 4.79 Å². The lowest BCUT2D eigenvalue weighted by atomic mass is 9.93. The Labute approximate surface area is 133 Å². The zero-order valence-corrected chi connectivity index (χ0v) is 14.1. The number of rotatable bonds is 3. The number of carbonyl (C=O) groups is 1. The van der Waals surface area contributed by atoms with Crippen molar-refractivity contribution in [1.82, 2.24) is 10.2 Å². The molecule has 1 aliphatic heterocycles. The van der Waals surface area contributed by atoms with Gasteiger partial charge >= 0.3 is 6.09 Å². The van der Waals surface area contributed by atoms with Crippen molar-refractivity contribution in [3.05, 3.63) is 35.9 Å². The predicted octanol–water partition coefficient (Wildman–Crippen LogP) is 3.74. The highest BCUT2D eigenvalue weighted by molar-refractivity contribution is 5.68. The van der Waals surface area contributed by atoms with Gasteiger partial charge in [-0.2, -0.15) is 0 Å². The number of nitrogens with zero attached hydrogens (tertiary/aromatic N) is 1. The number of nitrogens with one attached hydrogen (secondary N) is 1. The zero-order valence-electron chi connectivity index (χ0n) is 14.1. The number of ether oxygens (including phenoxy) is 1. The molecule has 0 saturated carbocycles. The molecule has 1 aromatic rings. The minimum Gasteiger partial charge on any atom is -0.444 e. The lowest BCUT2D eigenvalue weighted by molar-refractivity contribution is 0.0125. The van der Waals surface area contributed by atoms with Crippen molar-refractivity contribution in [2.45, 2.75) is 58.2 Å². The van der Waals surface area contributed by atoms with E-state index in [1.807, 2.05) is 38.7 Å². The molecule has 4 nitrogen and oxygen atoms in total. The molecule has 1 fully saturated rings. The van der Waals surface area contributed by atoms with Crippen molar-refractivity contribution in [3.8, 4) is 0 Å². The van der Waals surface area contributed by atoms with Gasteiger partial charge in [0.1, 0.15) is 5.60 Å². The Morgan fingerprint density at radius 2 is 2.00 bits per heavy atom. The van der Waals surface area contributed by atoms with Crippen molar-refractivity contribution in [2.75, 3.05) is 13.1 Å². The van der Waals surface area contributed by atoms with Gasteiger partial charge in [-0.1, -0.05) is 30.3 Å². The van der Waals surface area contributed by atoms with Crippen LogP contribution in [0.15, 0.2) is 30.3 Å². The molecule has 0 aliphatic carbocycles. The number of amides is 1. The topological polar surface area (TPSA) is 41.6 Å². The molecule has 1 aromatic carbocycles. The first-order valence-corrected chi connectivity index (χ1v) is 8.18. The number of piperidine rings is 1. The molecule has 0 spiro atoms. The van der Waals surface area contributed by atoms with Gasteiger partial charge in [-0.15, -0.1) is 0 Å². The average molecular weight is 304 g/mol. The maximum atomic E-state index is 12.4. The second-order valence-corrected chi connectivity index (χ2v) is 6.86. The largest absolute Gasteiger partial charge is 0.444 e. The first-order valence-electron chi connectivity index (χ1n) is 8.18. The van der Waals surface area contributed by atoms with Crippen molar-refractivity contribution < 1.29 is 9.53 Å². The van der Waals surface area contributed by atoms with Gasteiger partial charge in [0.2, 0.25) is 0 Å². The van der Waals surface area contributed by atoms with Crippen LogP contribution in [0, 0.1) is 0 Å². The van der Waals surface area contributed by atoms with E-state index in [1.54, 1.807) is 0 Å². The Morgan fingerprint density at radius 3 is 2.59 bits per heavy atom. The molecule has 0 bridgehead atoms. The van der Waals surface area contributed by atoms with E-state index in [0.717, 1.165) is 19.4 Å². The highest BCUT2D eigenvalue weighted by Crippen LogP contribution is 2.27. The molecule has 2 rings (SSSR count). The van der Waals surface area contributed by atoms with Crippen LogP contribution < -0.4 is 5.32 Å². The minimum atomic E-state index is -0.448. The quantitative estimate of drug-likeness (QED) is 0.925. The molecule has 1 aliphatic rings. The molecular formula is C18H28N2O2. The average Bonchev–Trinajstić information content (AvgIpc) is 2.47. The van der Waals surface area contributed by atoms with Gasteiger partial charge in [0.25, 0.3) is 0 Å². The summed E-state index contributed by atoms with van der Waals surface area (Å²) in [4.78, 5) is 14.3. The van der Waals surface area contributed by atoms with Crippen LogP contribution in [0.4, 0.5) is 4.79 Å². The van der Waals surface area contributed by atoms with Gasteiger partial charge in [0.15, 0.2) is 0 Å². The third-order valence-electron chi connectivity index (χ3n) is 3.99. The molecule has 1 heterocycles. The summed E-state index contributed by atoms with van der Waals surface area (Å²) < 4.78 is 5.55.